The number of hydrogen-bond acceptors (Lipinski definition) is 5. The van der Waals surface area contributed by atoms with Gasteiger partial charge >= 0.3 is 0 Å². The number of nitrogens with zero attached hydrogens (tertiary/aromatic N) is 2. The molecule has 1 aromatic heterocycles. The van der Waals surface area contributed by atoms with Crippen LogP contribution in [0.2, 0.25) is 0 Å². The van der Waals surface area contributed by atoms with E-state index in [0.717, 1.165) is 5.75 Å². The Labute approximate surface area is 90.1 Å². The Bertz CT molecular complexity index is 296. The summed E-state index contributed by atoms with van der Waals surface area (Å²) in [5.74, 6) is 2.03. The molecule has 1 unspecified atom stereocenters. The van der Waals surface area contributed by atoms with Gasteiger partial charge in [0.25, 0.3) is 6.43 Å². The van der Waals surface area contributed by atoms with Crippen molar-refractivity contribution in [1.29, 1.82) is 0 Å². The lowest BCUT2D eigenvalue weighted by atomic mass is 10.2. The van der Waals surface area contributed by atoms with Gasteiger partial charge in [0.1, 0.15) is 6.10 Å². The molecular formula is C8H12F2N2O2S. The summed E-state index contributed by atoms with van der Waals surface area (Å²) in [5, 5.41) is 12.5. The van der Waals surface area contributed by atoms with Gasteiger partial charge < -0.3 is 9.63 Å². The minimum Gasteiger partial charge on any atom is -0.387 e. The van der Waals surface area contributed by atoms with Crippen molar-refractivity contribution in [2.75, 3.05) is 5.75 Å². The van der Waals surface area contributed by atoms with Crippen LogP contribution in [-0.2, 0) is 12.2 Å². The molecule has 0 aliphatic rings. The Morgan fingerprint density at radius 1 is 1.53 bits per heavy atom. The number of rotatable bonds is 6. The van der Waals surface area contributed by atoms with Gasteiger partial charge in [-0.05, 0) is 5.75 Å². The third kappa shape index (κ3) is 4.13. The van der Waals surface area contributed by atoms with Crippen LogP contribution in [0.3, 0.4) is 0 Å². The van der Waals surface area contributed by atoms with E-state index in [1.54, 1.807) is 11.8 Å². The minimum atomic E-state index is -2.79. The zero-order chi connectivity index (χ0) is 11.3. The lowest BCUT2D eigenvalue weighted by Crippen LogP contribution is -2.20. The van der Waals surface area contributed by atoms with Gasteiger partial charge in [-0.2, -0.15) is 16.7 Å². The lowest BCUT2D eigenvalue weighted by Gasteiger charge is -2.04. The smallest absolute Gasteiger partial charge is 0.264 e. The highest BCUT2D eigenvalue weighted by molar-refractivity contribution is 7.98. The highest BCUT2D eigenvalue weighted by atomic mass is 32.2. The van der Waals surface area contributed by atoms with Crippen LogP contribution in [0.25, 0.3) is 0 Å². The molecule has 0 aliphatic carbocycles. The molecule has 0 amide bonds. The number of aliphatic hydroxyl groups excluding tert-OH is 1. The SMILES string of the molecule is CCSCc1noc(CC(O)C(F)F)n1. The van der Waals surface area contributed by atoms with E-state index in [1.165, 1.54) is 0 Å². The fraction of sp³-hybridized carbons (Fsp3) is 0.750. The number of hydrogen-bond donors (Lipinski definition) is 1. The molecule has 1 rings (SSSR count). The number of aliphatic hydroxyl groups is 1. The van der Waals surface area contributed by atoms with Gasteiger partial charge in [0, 0.05) is 0 Å². The molecule has 1 N–H and O–H groups in total. The fourth-order valence-electron chi connectivity index (χ4n) is 0.893. The highest BCUT2D eigenvalue weighted by Gasteiger charge is 2.20. The summed E-state index contributed by atoms with van der Waals surface area (Å²) in [6, 6.07) is 0. The van der Waals surface area contributed by atoms with Crippen LogP contribution in [0, 0.1) is 0 Å². The molecular weight excluding hydrogens is 226 g/mol. The van der Waals surface area contributed by atoms with Gasteiger partial charge in [-0.3, -0.25) is 0 Å². The molecule has 0 radical (unpaired) electrons. The average Bonchev–Trinajstić information content (AvgIpc) is 2.62. The van der Waals surface area contributed by atoms with Gasteiger partial charge in [-0.15, -0.1) is 0 Å². The first-order chi connectivity index (χ1) is 7.13. The first kappa shape index (κ1) is 12.4. The van der Waals surface area contributed by atoms with E-state index in [-0.39, 0.29) is 12.3 Å². The molecule has 0 aromatic carbocycles. The molecule has 0 bridgehead atoms. The Hall–Kier alpha value is -0.690. The third-order valence-electron chi connectivity index (χ3n) is 1.62. The summed E-state index contributed by atoms with van der Waals surface area (Å²) in [6.45, 7) is 1.99. The van der Waals surface area contributed by atoms with E-state index >= 15 is 0 Å². The van der Waals surface area contributed by atoms with E-state index in [4.69, 9.17) is 9.63 Å². The summed E-state index contributed by atoms with van der Waals surface area (Å²) < 4.78 is 28.7. The van der Waals surface area contributed by atoms with E-state index in [0.29, 0.717) is 11.6 Å². The van der Waals surface area contributed by atoms with Gasteiger partial charge in [0.05, 0.1) is 12.2 Å². The molecule has 7 heteroatoms. The summed E-state index contributed by atoms with van der Waals surface area (Å²) >= 11 is 1.60. The topological polar surface area (TPSA) is 59.2 Å². The second-order valence-electron chi connectivity index (χ2n) is 2.85. The number of halogens is 2. The molecule has 0 aliphatic heterocycles. The van der Waals surface area contributed by atoms with Crippen molar-refractivity contribution in [3.05, 3.63) is 11.7 Å². The van der Waals surface area contributed by atoms with Crippen LogP contribution in [0.1, 0.15) is 18.6 Å². The Balaban J connectivity index is 2.45. The van der Waals surface area contributed by atoms with Gasteiger partial charge in [0.15, 0.2) is 5.82 Å². The standard InChI is InChI=1S/C8H12F2N2O2S/c1-2-15-4-6-11-7(14-12-6)3-5(13)8(9)10/h5,8,13H,2-4H2,1H3. The van der Waals surface area contributed by atoms with Crippen LogP contribution >= 0.6 is 11.8 Å². The molecule has 4 nitrogen and oxygen atoms in total. The molecule has 0 saturated carbocycles. The second-order valence-corrected chi connectivity index (χ2v) is 4.12. The predicted molar refractivity (Wildman–Crippen MR) is 51.8 cm³/mol. The van der Waals surface area contributed by atoms with Crippen molar-refractivity contribution in [3.63, 3.8) is 0 Å². The molecule has 15 heavy (non-hydrogen) atoms. The predicted octanol–water partition coefficient (Wildman–Crippen LogP) is 1.49. The number of alkyl halides is 2. The molecule has 0 spiro atoms. The molecule has 1 heterocycles. The van der Waals surface area contributed by atoms with Crippen molar-refractivity contribution in [2.24, 2.45) is 0 Å². The lowest BCUT2D eigenvalue weighted by molar-refractivity contribution is -0.00754. The summed E-state index contributed by atoms with van der Waals surface area (Å²) in [7, 11) is 0. The second kappa shape index (κ2) is 6.02. The molecule has 0 fully saturated rings. The number of thioether (sulfide) groups is 1. The van der Waals surface area contributed by atoms with Gasteiger partial charge in [0.2, 0.25) is 5.89 Å². The van der Waals surface area contributed by atoms with Crippen molar-refractivity contribution >= 4 is 11.8 Å². The normalized spacial score (nSPS) is 13.4. The van der Waals surface area contributed by atoms with E-state index < -0.39 is 12.5 Å². The molecule has 1 atom stereocenters. The van der Waals surface area contributed by atoms with Crippen LogP contribution in [0.15, 0.2) is 4.52 Å². The zero-order valence-electron chi connectivity index (χ0n) is 8.19. The van der Waals surface area contributed by atoms with Crippen molar-refractivity contribution in [3.8, 4) is 0 Å². The first-order valence-corrected chi connectivity index (χ1v) is 5.64. The Morgan fingerprint density at radius 2 is 2.27 bits per heavy atom. The maximum Gasteiger partial charge on any atom is 0.264 e. The third-order valence-corrected chi connectivity index (χ3v) is 2.49. The molecule has 86 valence electrons. The van der Waals surface area contributed by atoms with Crippen LogP contribution in [0.4, 0.5) is 8.78 Å². The summed E-state index contributed by atoms with van der Waals surface area (Å²) in [6.07, 6.45) is -4.83. The highest BCUT2D eigenvalue weighted by Crippen LogP contribution is 2.11. The maximum absolute atomic E-state index is 12.0. The van der Waals surface area contributed by atoms with Crippen molar-refractivity contribution in [1.82, 2.24) is 10.1 Å². The van der Waals surface area contributed by atoms with E-state index in [9.17, 15) is 8.78 Å². The quantitative estimate of drug-likeness (QED) is 0.813. The van der Waals surface area contributed by atoms with Gasteiger partial charge in [-0.25, -0.2) is 8.78 Å². The number of aromatic nitrogens is 2. The maximum atomic E-state index is 12.0. The summed E-state index contributed by atoms with van der Waals surface area (Å²) in [5.41, 5.74) is 0. The van der Waals surface area contributed by atoms with Crippen molar-refractivity contribution in [2.45, 2.75) is 31.6 Å². The van der Waals surface area contributed by atoms with Crippen LogP contribution in [0.5, 0.6) is 0 Å². The zero-order valence-corrected chi connectivity index (χ0v) is 9.01. The van der Waals surface area contributed by atoms with E-state index in [1.807, 2.05) is 6.92 Å². The summed E-state index contributed by atoms with van der Waals surface area (Å²) in [4.78, 5) is 3.88. The average molecular weight is 238 g/mol. The van der Waals surface area contributed by atoms with Crippen LogP contribution in [-0.4, -0.2) is 33.5 Å². The molecule has 0 saturated heterocycles. The van der Waals surface area contributed by atoms with E-state index in [2.05, 4.69) is 10.1 Å². The Kier molecular flexibility index (Phi) is 4.97. The fourth-order valence-corrected chi connectivity index (χ4v) is 1.40. The first-order valence-electron chi connectivity index (χ1n) is 4.49. The van der Waals surface area contributed by atoms with Gasteiger partial charge in [-0.1, -0.05) is 12.1 Å². The minimum absolute atomic E-state index is 0.0505. The largest absolute Gasteiger partial charge is 0.387 e. The monoisotopic (exact) mass is 238 g/mol. The molecule has 1 aromatic rings. The Morgan fingerprint density at radius 3 is 2.87 bits per heavy atom. The van der Waals surface area contributed by atoms with Crippen molar-refractivity contribution < 1.29 is 18.4 Å². The van der Waals surface area contributed by atoms with Crippen LogP contribution < -0.4 is 0 Å².